The summed E-state index contributed by atoms with van der Waals surface area (Å²) in [5.41, 5.74) is 1.23. The maximum atomic E-state index is 13.0. The van der Waals surface area contributed by atoms with Gasteiger partial charge in [-0.25, -0.2) is 9.78 Å². The Morgan fingerprint density at radius 3 is 2.53 bits per heavy atom. The number of nitrogens with zero attached hydrogens (tertiary/aromatic N) is 5. The van der Waals surface area contributed by atoms with E-state index in [9.17, 15) is 19.7 Å². The first kappa shape index (κ1) is 23.5. The molecule has 0 amide bonds. The minimum atomic E-state index is -0.587. The Morgan fingerprint density at radius 1 is 1.08 bits per heavy atom. The smallest absolute Gasteiger partial charge is 0.330 e. The molecule has 0 aliphatic carbocycles. The van der Waals surface area contributed by atoms with Crippen molar-refractivity contribution >= 4 is 22.5 Å². The third-order valence-electron chi connectivity index (χ3n) is 6.47. The van der Waals surface area contributed by atoms with Crippen molar-refractivity contribution in [1.82, 2.24) is 19.1 Å². The Hall–Kier alpha value is -4.25. The molecule has 1 N–H and O–H groups in total. The standard InChI is InChI=1S/C25H26N6O5/c1-36-14-13-29-23-21(24(32)27-25(29)33)30(16-17-7-3-2-4-8-17)22(26-23)18-9-10-19(20(15-18)31(34)35)28-11-5-6-12-28/h2-4,7-10,15H,5-6,11-14,16H2,1H3,(H,27,32,33). The number of aromatic amines is 1. The number of anilines is 1. The third-order valence-corrected chi connectivity index (χ3v) is 6.47. The average Bonchev–Trinajstić information content (AvgIpc) is 3.53. The fourth-order valence-corrected chi connectivity index (χ4v) is 4.74. The van der Waals surface area contributed by atoms with E-state index < -0.39 is 11.2 Å². The zero-order valence-electron chi connectivity index (χ0n) is 19.8. The number of nitro groups is 1. The number of hydrogen-bond donors (Lipinski definition) is 1. The summed E-state index contributed by atoms with van der Waals surface area (Å²) in [7, 11) is 1.52. The molecule has 36 heavy (non-hydrogen) atoms. The molecule has 0 bridgehead atoms. The molecule has 3 heterocycles. The summed E-state index contributed by atoms with van der Waals surface area (Å²) in [6.45, 7) is 2.28. The monoisotopic (exact) mass is 490 g/mol. The van der Waals surface area contributed by atoms with Crippen LogP contribution in [0.15, 0.2) is 58.1 Å². The zero-order chi connectivity index (χ0) is 25.2. The molecule has 4 aromatic rings. The molecule has 2 aromatic carbocycles. The van der Waals surface area contributed by atoms with E-state index in [1.807, 2.05) is 35.2 Å². The van der Waals surface area contributed by atoms with Crippen molar-refractivity contribution in [1.29, 1.82) is 0 Å². The Morgan fingerprint density at radius 2 is 1.83 bits per heavy atom. The van der Waals surface area contributed by atoms with E-state index in [0.29, 0.717) is 23.6 Å². The van der Waals surface area contributed by atoms with E-state index >= 15 is 0 Å². The van der Waals surface area contributed by atoms with Crippen LogP contribution < -0.4 is 16.1 Å². The topological polar surface area (TPSA) is 128 Å². The number of ether oxygens (including phenoxy) is 1. The van der Waals surface area contributed by atoms with Gasteiger partial charge in [0.15, 0.2) is 11.2 Å². The van der Waals surface area contributed by atoms with E-state index in [1.165, 1.54) is 17.7 Å². The van der Waals surface area contributed by atoms with Gasteiger partial charge in [0.05, 0.1) is 18.1 Å². The molecule has 1 aliphatic heterocycles. The maximum absolute atomic E-state index is 13.0. The second kappa shape index (κ2) is 9.78. The molecule has 11 heteroatoms. The lowest BCUT2D eigenvalue weighted by molar-refractivity contribution is -0.384. The number of rotatable bonds is 8. The minimum absolute atomic E-state index is 0.0154. The van der Waals surface area contributed by atoms with Crippen LogP contribution in [0.2, 0.25) is 0 Å². The van der Waals surface area contributed by atoms with Gasteiger partial charge in [0.1, 0.15) is 11.5 Å². The fourth-order valence-electron chi connectivity index (χ4n) is 4.74. The lowest BCUT2D eigenvalue weighted by Crippen LogP contribution is -2.32. The van der Waals surface area contributed by atoms with Crippen LogP contribution in [0.5, 0.6) is 0 Å². The quantitative estimate of drug-likeness (QED) is 0.297. The van der Waals surface area contributed by atoms with Gasteiger partial charge in [-0.1, -0.05) is 30.3 Å². The third kappa shape index (κ3) is 4.29. The van der Waals surface area contributed by atoms with Gasteiger partial charge in [0.25, 0.3) is 11.2 Å². The number of imidazole rings is 1. The van der Waals surface area contributed by atoms with Crippen molar-refractivity contribution in [2.75, 3.05) is 31.7 Å². The normalized spacial score (nSPS) is 13.5. The predicted molar refractivity (Wildman–Crippen MR) is 136 cm³/mol. The van der Waals surface area contributed by atoms with Crippen LogP contribution in [0.4, 0.5) is 11.4 Å². The number of benzene rings is 2. The molecular weight excluding hydrogens is 464 g/mol. The molecular formula is C25H26N6O5. The number of nitro benzene ring substituents is 1. The highest BCUT2D eigenvalue weighted by Crippen LogP contribution is 2.35. The van der Waals surface area contributed by atoms with Crippen molar-refractivity contribution < 1.29 is 9.66 Å². The molecule has 0 spiro atoms. The van der Waals surface area contributed by atoms with Crippen LogP contribution >= 0.6 is 0 Å². The van der Waals surface area contributed by atoms with E-state index in [-0.39, 0.29) is 34.9 Å². The first-order valence-electron chi connectivity index (χ1n) is 11.8. The van der Waals surface area contributed by atoms with Gasteiger partial charge in [-0.3, -0.25) is 24.5 Å². The molecule has 0 atom stereocenters. The lowest BCUT2D eigenvalue weighted by Gasteiger charge is -2.18. The van der Waals surface area contributed by atoms with Crippen molar-refractivity contribution in [2.24, 2.45) is 0 Å². The fraction of sp³-hybridized carbons (Fsp3) is 0.320. The van der Waals surface area contributed by atoms with Crippen LogP contribution in [-0.2, 0) is 17.8 Å². The first-order chi connectivity index (χ1) is 17.5. The Bertz CT molecular complexity index is 1530. The summed E-state index contributed by atoms with van der Waals surface area (Å²) in [5.74, 6) is 0.368. The Kier molecular flexibility index (Phi) is 6.38. The number of nitrogens with one attached hydrogen (secondary N) is 1. The van der Waals surface area contributed by atoms with Crippen molar-refractivity contribution in [2.45, 2.75) is 25.9 Å². The molecule has 2 aromatic heterocycles. The van der Waals surface area contributed by atoms with Crippen LogP contribution in [0.25, 0.3) is 22.6 Å². The van der Waals surface area contributed by atoms with Gasteiger partial charge in [-0.05, 0) is 30.5 Å². The SMILES string of the molecule is COCCn1c(=O)[nH]c(=O)c2c1nc(-c1ccc(N3CCCC3)c([N+](=O)[O-])c1)n2Cc1ccccc1. The number of methoxy groups -OCH3 is 1. The molecule has 1 saturated heterocycles. The summed E-state index contributed by atoms with van der Waals surface area (Å²) < 4.78 is 8.20. The summed E-state index contributed by atoms with van der Waals surface area (Å²) in [6.07, 6.45) is 1.99. The molecule has 0 saturated carbocycles. The van der Waals surface area contributed by atoms with Crippen molar-refractivity contribution in [3.05, 3.63) is 85.0 Å². The van der Waals surface area contributed by atoms with Gasteiger partial charge in [-0.15, -0.1) is 0 Å². The van der Waals surface area contributed by atoms with E-state index in [1.54, 1.807) is 16.7 Å². The summed E-state index contributed by atoms with van der Waals surface area (Å²) in [5, 5.41) is 12.0. The molecule has 0 unspecified atom stereocenters. The molecule has 186 valence electrons. The number of aromatic nitrogens is 4. The highest BCUT2D eigenvalue weighted by molar-refractivity contribution is 5.79. The van der Waals surface area contributed by atoms with E-state index in [0.717, 1.165) is 31.5 Å². The lowest BCUT2D eigenvalue weighted by atomic mass is 10.1. The van der Waals surface area contributed by atoms with Crippen LogP contribution in [0.1, 0.15) is 18.4 Å². The minimum Gasteiger partial charge on any atom is -0.383 e. The number of H-pyrrole nitrogens is 1. The number of fused-ring (bicyclic) bond motifs is 1. The van der Waals surface area contributed by atoms with Crippen molar-refractivity contribution in [3.63, 3.8) is 0 Å². The van der Waals surface area contributed by atoms with Gasteiger partial charge in [0.2, 0.25) is 0 Å². The highest BCUT2D eigenvalue weighted by atomic mass is 16.6. The van der Waals surface area contributed by atoms with Crippen LogP contribution in [0, 0.1) is 10.1 Å². The van der Waals surface area contributed by atoms with Crippen LogP contribution in [-0.4, -0.2) is 50.8 Å². The van der Waals surface area contributed by atoms with Gasteiger partial charge >= 0.3 is 5.69 Å². The Balaban J connectivity index is 1.74. The van der Waals surface area contributed by atoms with Gasteiger partial charge in [-0.2, -0.15) is 0 Å². The molecule has 11 nitrogen and oxygen atoms in total. The summed E-state index contributed by atoms with van der Waals surface area (Å²) in [6, 6.07) is 14.6. The molecule has 1 aliphatic rings. The highest BCUT2D eigenvalue weighted by Gasteiger charge is 2.26. The van der Waals surface area contributed by atoms with E-state index in [2.05, 4.69) is 4.98 Å². The first-order valence-corrected chi connectivity index (χ1v) is 11.8. The predicted octanol–water partition coefficient (Wildman–Crippen LogP) is 2.76. The summed E-state index contributed by atoms with van der Waals surface area (Å²) in [4.78, 5) is 46.3. The van der Waals surface area contributed by atoms with Gasteiger partial charge in [0, 0.05) is 38.4 Å². The number of hydrogen-bond acceptors (Lipinski definition) is 7. The molecule has 5 rings (SSSR count). The largest absolute Gasteiger partial charge is 0.383 e. The Labute approximate surface area is 205 Å². The maximum Gasteiger partial charge on any atom is 0.330 e. The zero-order valence-corrected chi connectivity index (χ0v) is 19.8. The molecule has 1 fully saturated rings. The van der Waals surface area contributed by atoms with Crippen molar-refractivity contribution in [3.8, 4) is 11.4 Å². The van der Waals surface area contributed by atoms with E-state index in [4.69, 9.17) is 9.72 Å². The second-order valence-electron chi connectivity index (χ2n) is 8.74. The summed E-state index contributed by atoms with van der Waals surface area (Å²) >= 11 is 0. The molecule has 0 radical (unpaired) electrons. The van der Waals surface area contributed by atoms with Gasteiger partial charge < -0.3 is 14.2 Å². The second-order valence-corrected chi connectivity index (χ2v) is 8.74. The average molecular weight is 491 g/mol. The van der Waals surface area contributed by atoms with Crippen LogP contribution in [0.3, 0.4) is 0 Å².